The van der Waals surface area contributed by atoms with Crippen molar-refractivity contribution in [2.75, 3.05) is 0 Å². The van der Waals surface area contributed by atoms with Crippen LogP contribution in [0.4, 0.5) is 0 Å². The number of aromatic nitrogens is 4. The van der Waals surface area contributed by atoms with Gasteiger partial charge in [-0.3, -0.25) is 0 Å². The summed E-state index contributed by atoms with van der Waals surface area (Å²) < 4.78 is 50.8. The highest BCUT2D eigenvalue weighted by molar-refractivity contribution is 6.12. The van der Waals surface area contributed by atoms with Crippen molar-refractivity contribution in [2.45, 2.75) is 19.3 Å². The van der Waals surface area contributed by atoms with Crippen molar-refractivity contribution in [3.63, 3.8) is 0 Å². The van der Waals surface area contributed by atoms with Gasteiger partial charge in [-0.1, -0.05) is 123 Å². The van der Waals surface area contributed by atoms with E-state index in [-0.39, 0.29) is 34.7 Å². The van der Waals surface area contributed by atoms with Crippen molar-refractivity contribution < 1.29 is 11.3 Å². The molecule has 0 spiro atoms. The molecule has 3 heterocycles. The Labute approximate surface area is 312 Å². The summed E-state index contributed by atoms with van der Waals surface area (Å²) in [4.78, 5) is 14.2. The highest BCUT2D eigenvalue weighted by Gasteiger charge is 2.36. The number of nitrogens with zero attached hydrogens (tertiary/aromatic N) is 4. The number of para-hydroxylation sites is 1. The van der Waals surface area contributed by atoms with Crippen molar-refractivity contribution in [1.29, 1.82) is 0 Å². The molecule has 0 unspecified atom stereocenters. The molecule has 10 aromatic rings. The lowest BCUT2D eigenvalue weighted by Gasteiger charge is -2.21. The lowest BCUT2D eigenvalue weighted by Crippen LogP contribution is -2.14. The van der Waals surface area contributed by atoms with Gasteiger partial charge in [-0.2, -0.15) is 0 Å². The largest absolute Gasteiger partial charge is 0.456 e. The summed E-state index contributed by atoms with van der Waals surface area (Å²) in [5, 5.41) is 4.29. The highest BCUT2D eigenvalue weighted by Crippen LogP contribution is 2.51. The van der Waals surface area contributed by atoms with Crippen LogP contribution >= 0.6 is 0 Å². The Morgan fingerprint density at radius 2 is 1.25 bits per heavy atom. The van der Waals surface area contributed by atoms with Crippen molar-refractivity contribution >= 4 is 43.7 Å². The summed E-state index contributed by atoms with van der Waals surface area (Å²) in [6.07, 6.45) is 0. The average Bonchev–Trinajstić information content (AvgIpc) is 3.86. The standard InChI is InChI=1S/C48H32N4O/c1-48(2)39-19-11-9-17-33(39)36-28-42-37(27-40(36)48)34-18-10-12-20-41(34)52(42)32-22-24-43-38(26-32)35-23-21-31(25-44(35)53-43)47-50-45(29-13-5-3-6-14-29)49-46(51-47)30-15-7-4-8-16-30/h3-28H,1-2H3/i3D,5D,6D,13D,14D. The van der Waals surface area contributed by atoms with Crippen LogP contribution < -0.4 is 0 Å². The van der Waals surface area contributed by atoms with Gasteiger partial charge in [-0.05, 0) is 70.8 Å². The lowest BCUT2D eigenvalue weighted by atomic mass is 9.82. The van der Waals surface area contributed by atoms with E-state index in [9.17, 15) is 0 Å². The van der Waals surface area contributed by atoms with Crippen LogP contribution in [0.15, 0.2) is 162 Å². The molecule has 7 aromatic carbocycles. The Morgan fingerprint density at radius 3 is 2.09 bits per heavy atom. The van der Waals surface area contributed by atoms with E-state index in [4.69, 9.17) is 21.2 Å². The highest BCUT2D eigenvalue weighted by atomic mass is 16.3. The van der Waals surface area contributed by atoms with Crippen molar-refractivity contribution in [2.24, 2.45) is 0 Å². The Kier molecular flexibility index (Phi) is 5.26. The summed E-state index contributed by atoms with van der Waals surface area (Å²) in [7, 11) is 0. The van der Waals surface area contributed by atoms with Gasteiger partial charge in [-0.25, -0.2) is 15.0 Å². The summed E-state index contributed by atoms with van der Waals surface area (Å²) in [6, 6.07) is 41.3. The molecule has 5 nitrogen and oxygen atoms in total. The molecule has 11 rings (SSSR count). The first kappa shape index (κ1) is 25.2. The molecule has 53 heavy (non-hydrogen) atoms. The molecular formula is C48H32N4O. The summed E-state index contributed by atoms with van der Waals surface area (Å²) in [5.41, 5.74) is 11.0. The van der Waals surface area contributed by atoms with Crippen molar-refractivity contribution in [3.05, 3.63) is 169 Å². The topological polar surface area (TPSA) is 56.7 Å². The normalized spacial score (nSPS) is 14.6. The van der Waals surface area contributed by atoms with Crippen LogP contribution in [0.3, 0.4) is 0 Å². The molecule has 0 bridgehead atoms. The van der Waals surface area contributed by atoms with Crippen LogP contribution in [0.25, 0.3) is 94.7 Å². The van der Waals surface area contributed by atoms with Crippen LogP contribution in [-0.4, -0.2) is 19.5 Å². The minimum atomic E-state index is -0.480. The zero-order valence-corrected chi connectivity index (χ0v) is 28.8. The SMILES string of the molecule is [2H]c1c([2H])c([2H])c(-c2nc(-c3ccccc3)nc(-c3ccc4c(c3)oc3ccc(-n5c6ccccc6c6cc7c(cc65)-c5ccccc5C7(C)C)cc34)n2)c([2H])c1[2H]. The van der Waals surface area contributed by atoms with Gasteiger partial charge in [0, 0.05) is 49.3 Å². The van der Waals surface area contributed by atoms with Crippen LogP contribution in [0, 0.1) is 0 Å². The number of hydrogen-bond donors (Lipinski definition) is 0. The van der Waals surface area contributed by atoms with Gasteiger partial charge in [0.25, 0.3) is 0 Å². The molecular weight excluding hydrogens is 649 g/mol. The third-order valence-electron chi connectivity index (χ3n) is 10.7. The third-order valence-corrected chi connectivity index (χ3v) is 10.7. The number of benzene rings is 7. The van der Waals surface area contributed by atoms with E-state index in [1.165, 1.54) is 33.0 Å². The number of furan rings is 1. The second kappa shape index (κ2) is 11.1. The Morgan fingerprint density at radius 1 is 0.509 bits per heavy atom. The fourth-order valence-electron chi connectivity index (χ4n) is 8.18. The van der Waals surface area contributed by atoms with E-state index in [1.54, 1.807) is 0 Å². The van der Waals surface area contributed by atoms with E-state index in [1.807, 2.05) is 54.6 Å². The molecule has 0 aliphatic heterocycles. The maximum atomic E-state index is 8.64. The minimum absolute atomic E-state index is 0.0148. The van der Waals surface area contributed by atoms with Crippen LogP contribution in [0.2, 0.25) is 0 Å². The number of hydrogen-bond acceptors (Lipinski definition) is 4. The Balaban J connectivity index is 1.08. The fraction of sp³-hybridized carbons (Fsp3) is 0.0625. The van der Waals surface area contributed by atoms with E-state index >= 15 is 0 Å². The summed E-state index contributed by atoms with van der Waals surface area (Å²) in [6.45, 7) is 4.63. The molecule has 0 amide bonds. The first-order valence-electron chi connectivity index (χ1n) is 20.1. The lowest BCUT2D eigenvalue weighted by molar-refractivity contribution is 0.661. The first-order chi connectivity index (χ1) is 28.1. The van der Waals surface area contributed by atoms with Gasteiger partial charge in [0.05, 0.1) is 17.9 Å². The first-order valence-corrected chi connectivity index (χ1v) is 17.6. The second-order valence-electron chi connectivity index (χ2n) is 14.1. The van der Waals surface area contributed by atoms with E-state index in [2.05, 4.69) is 96.2 Å². The molecule has 5 heteroatoms. The third kappa shape index (κ3) is 4.47. The van der Waals surface area contributed by atoms with Gasteiger partial charge in [-0.15, -0.1) is 0 Å². The Hall–Kier alpha value is -6.85. The van der Waals surface area contributed by atoms with Gasteiger partial charge in [0.15, 0.2) is 17.5 Å². The quantitative estimate of drug-likeness (QED) is 0.185. The van der Waals surface area contributed by atoms with Gasteiger partial charge in [0.1, 0.15) is 11.2 Å². The minimum Gasteiger partial charge on any atom is -0.456 e. The maximum Gasteiger partial charge on any atom is 0.164 e. The molecule has 0 saturated carbocycles. The molecule has 3 aromatic heterocycles. The zero-order valence-electron chi connectivity index (χ0n) is 33.8. The number of rotatable bonds is 4. The molecule has 0 fully saturated rings. The van der Waals surface area contributed by atoms with Crippen molar-refractivity contribution in [1.82, 2.24) is 19.5 Å². The molecule has 0 N–H and O–H groups in total. The fourth-order valence-corrected chi connectivity index (χ4v) is 8.18. The predicted molar refractivity (Wildman–Crippen MR) is 215 cm³/mol. The molecule has 0 radical (unpaired) electrons. The Bertz CT molecular complexity index is 3360. The predicted octanol–water partition coefficient (Wildman–Crippen LogP) is 12.2. The van der Waals surface area contributed by atoms with Crippen LogP contribution in [0.1, 0.15) is 31.8 Å². The van der Waals surface area contributed by atoms with Crippen molar-refractivity contribution in [3.8, 4) is 51.0 Å². The van der Waals surface area contributed by atoms with Gasteiger partial charge < -0.3 is 8.98 Å². The molecule has 1 aliphatic carbocycles. The smallest absolute Gasteiger partial charge is 0.164 e. The number of fused-ring (bicyclic) bond motifs is 9. The molecule has 1 aliphatic rings. The van der Waals surface area contributed by atoms with Gasteiger partial charge >= 0.3 is 0 Å². The zero-order chi connectivity index (χ0) is 39.6. The van der Waals surface area contributed by atoms with E-state index < -0.39 is 18.1 Å². The summed E-state index contributed by atoms with van der Waals surface area (Å²) >= 11 is 0. The second-order valence-corrected chi connectivity index (χ2v) is 14.1. The van der Waals surface area contributed by atoms with Crippen LogP contribution in [-0.2, 0) is 5.41 Å². The average molecular weight is 686 g/mol. The summed E-state index contributed by atoms with van der Waals surface area (Å²) in [5.74, 6) is 0.575. The van der Waals surface area contributed by atoms with Gasteiger partial charge in [0.2, 0.25) is 0 Å². The van der Waals surface area contributed by atoms with E-state index in [0.717, 1.165) is 33.1 Å². The van der Waals surface area contributed by atoms with Crippen LogP contribution in [0.5, 0.6) is 0 Å². The molecule has 0 atom stereocenters. The van der Waals surface area contributed by atoms with E-state index in [0.29, 0.717) is 22.5 Å². The maximum absolute atomic E-state index is 8.64. The molecule has 250 valence electrons. The molecule has 0 saturated heterocycles. The monoisotopic (exact) mass is 685 g/mol.